The molecule has 3 rings (SSSR count). The summed E-state index contributed by atoms with van der Waals surface area (Å²) >= 11 is 2.52. The Hall–Kier alpha value is -3.18. The second-order valence-corrected chi connectivity index (χ2v) is 9.10. The Morgan fingerprint density at radius 2 is 2.09 bits per heavy atom. The molecule has 0 saturated heterocycles. The molecule has 0 unspecified atom stereocenters. The Balaban J connectivity index is 1.55. The third kappa shape index (κ3) is 7.16. The van der Waals surface area contributed by atoms with Gasteiger partial charge in [0.15, 0.2) is 16.1 Å². The van der Waals surface area contributed by atoms with Gasteiger partial charge < -0.3 is 14.8 Å². The van der Waals surface area contributed by atoms with Crippen LogP contribution in [0.3, 0.4) is 0 Å². The number of aromatic nitrogens is 4. The Morgan fingerprint density at radius 3 is 2.82 bits per heavy atom. The molecule has 1 aromatic carbocycles. The Labute approximate surface area is 206 Å². The lowest BCUT2D eigenvalue weighted by Crippen LogP contribution is -2.15. The van der Waals surface area contributed by atoms with Crippen molar-refractivity contribution in [1.29, 1.82) is 0 Å². The van der Waals surface area contributed by atoms with Crippen molar-refractivity contribution in [2.75, 3.05) is 17.7 Å². The highest BCUT2D eigenvalue weighted by atomic mass is 32.2. The van der Waals surface area contributed by atoms with Crippen LogP contribution in [0.15, 0.2) is 41.4 Å². The van der Waals surface area contributed by atoms with Gasteiger partial charge in [0.25, 0.3) is 0 Å². The first-order valence-corrected chi connectivity index (χ1v) is 12.5. The zero-order valence-electron chi connectivity index (χ0n) is 19.4. The number of ether oxygens (including phenoxy) is 2. The van der Waals surface area contributed by atoms with Gasteiger partial charge in [-0.05, 0) is 44.0 Å². The average Bonchev–Trinajstić information content (AvgIpc) is 3.40. The van der Waals surface area contributed by atoms with Gasteiger partial charge in [0.1, 0.15) is 12.4 Å². The standard InChI is InChI=1S/C23H27N5O4S2/c1-5-9-28-19(12-32-18-8-7-15(3)16(4)10-18)26-27-23(28)34-14-20(29)25-22-24-17(13-33-22)11-21(30)31-6-2/h5,7-8,10,13H,1,6,9,11-12,14H2,2-4H3,(H,24,25,29). The number of nitrogens with zero attached hydrogens (tertiary/aromatic N) is 4. The van der Waals surface area contributed by atoms with Gasteiger partial charge in [0.05, 0.1) is 24.5 Å². The van der Waals surface area contributed by atoms with Crippen molar-refractivity contribution in [3.8, 4) is 5.75 Å². The Bertz CT molecular complexity index is 1160. The van der Waals surface area contributed by atoms with Gasteiger partial charge in [-0.1, -0.05) is 23.9 Å². The molecule has 34 heavy (non-hydrogen) atoms. The highest BCUT2D eigenvalue weighted by Gasteiger charge is 2.15. The number of carbonyl (C=O) groups is 2. The van der Waals surface area contributed by atoms with Crippen LogP contribution in [-0.4, -0.2) is 44.0 Å². The zero-order valence-corrected chi connectivity index (χ0v) is 21.0. The van der Waals surface area contributed by atoms with Gasteiger partial charge in [0.2, 0.25) is 5.91 Å². The molecule has 9 nitrogen and oxygen atoms in total. The highest BCUT2D eigenvalue weighted by Crippen LogP contribution is 2.22. The molecule has 0 aliphatic heterocycles. The lowest BCUT2D eigenvalue weighted by molar-refractivity contribution is -0.142. The number of anilines is 1. The van der Waals surface area contributed by atoms with Crippen LogP contribution in [0.1, 0.15) is 29.6 Å². The third-order valence-electron chi connectivity index (χ3n) is 4.71. The molecule has 0 bridgehead atoms. The van der Waals surface area contributed by atoms with Crippen molar-refractivity contribution in [1.82, 2.24) is 19.7 Å². The third-order valence-corrected chi connectivity index (χ3v) is 6.49. The minimum absolute atomic E-state index is 0.0760. The number of esters is 1. The van der Waals surface area contributed by atoms with Gasteiger partial charge in [0, 0.05) is 11.9 Å². The maximum atomic E-state index is 12.4. The smallest absolute Gasteiger partial charge is 0.311 e. The Morgan fingerprint density at radius 1 is 1.26 bits per heavy atom. The summed E-state index contributed by atoms with van der Waals surface area (Å²) in [5, 5.41) is 13.9. The lowest BCUT2D eigenvalue weighted by Gasteiger charge is -2.10. The van der Waals surface area contributed by atoms with E-state index in [-0.39, 0.29) is 30.7 Å². The number of allylic oxidation sites excluding steroid dienone is 1. The first kappa shape index (κ1) is 25.4. The quantitative estimate of drug-likeness (QED) is 0.226. The summed E-state index contributed by atoms with van der Waals surface area (Å²) in [6, 6.07) is 5.93. The van der Waals surface area contributed by atoms with Gasteiger partial charge in [-0.15, -0.1) is 28.1 Å². The molecule has 0 spiro atoms. The molecule has 0 saturated carbocycles. The number of nitrogens with one attached hydrogen (secondary N) is 1. The first-order chi connectivity index (χ1) is 16.4. The number of thioether (sulfide) groups is 1. The van der Waals surface area contributed by atoms with E-state index >= 15 is 0 Å². The topological polar surface area (TPSA) is 108 Å². The van der Waals surface area contributed by atoms with E-state index in [0.29, 0.717) is 35.0 Å². The number of hydrogen-bond acceptors (Lipinski definition) is 9. The van der Waals surface area contributed by atoms with Crippen molar-refractivity contribution in [2.45, 2.75) is 45.5 Å². The fraction of sp³-hybridized carbons (Fsp3) is 0.348. The van der Waals surface area contributed by atoms with E-state index in [1.807, 2.05) is 29.7 Å². The molecule has 0 aliphatic carbocycles. The number of benzene rings is 1. The molecule has 0 aliphatic rings. The predicted octanol–water partition coefficient (Wildman–Crippen LogP) is 3.95. The van der Waals surface area contributed by atoms with Gasteiger partial charge in [-0.25, -0.2) is 4.98 Å². The SMILES string of the molecule is C=CCn1c(COc2ccc(C)c(C)c2)nnc1SCC(=O)Nc1nc(CC(=O)OCC)cs1. The van der Waals surface area contributed by atoms with Crippen LogP contribution in [-0.2, 0) is 33.9 Å². The van der Waals surface area contributed by atoms with Crippen molar-refractivity contribution in [3.05, 3.63) is 58.9 Å². The molecule has 2 aromatic heterocycles. The van der Waals surface area contributed by atoms with E-state index in [0.717, 1.165) is 11.3 Å². The monoisotopic (exact) mass is 501 g/mol. The van der Waals surface area contributed by atoms with Crippen LogP contribution in [0.4, 0.5) is 5.13 Å². The van der Waals surface area contributed by atoms with E-state index in [1.54, 1.807) is 18.4 Å². The lowest BCUT2D eigenvalue weighted by atomic mass is 10.1. The molecule has 1 amide bonds. The molecular weight excluding hydrogens is 474 g/mol. The number of carbonyl (C=O) groups excluding carboxylic acids is 2. The number of aryl methyl sites for hydroxylation is 2. The molecule has 180 valence electrons. The molecule has 1 N–H and O–H groups in total. The number of amides is 1. The van der Waals surface area contributed by atoms with Crippen LogP contribution >= 0.6 is 23.1 Å². The van der Waals surface area contributed by atoms with E-state index in [1.165, 1.54) is 28.7 Å². The van der Waals surface area contributed by atoms with E-state index < -0.39 is 0 Å². The normalized spacial score (nSPS) is 10.7. The van der Waals surface area contributed by atoms with Crippen LogP contribution in [0.25, 0.3) is 0 Å². The van der Waals surface area contributed by atoms with Crippen molar-refractivity contribution in [3.63, 3.8) is 0 Å². The molecule has 3 aromatic rings. The van der Waals surface area contributed by atoms with Crippen LogP contribution < -0.4 is 10.1 Å². The highest BCUT2D eigenvalue weighted by molar-refractivity contribution is 7.99. The van der Waals surface area contributed by atoms with E-state index in [2.05, 4.69) is 34.0 Å². The minimum Gasteiger partial charge on any atom is -0.486 e. The molecule has 11 heteroatoms. The van der Waals surface area contributed by atoms with Crippen molar-refractivity contribution >= 4 is 40.1 Å². The fourth-order valence-electron chi connectivity index (χ4n) is 2.89. The molecular formula is C23H27N5O4S2. The van der Waals surface area contributed by atoms with E-state index in [4.69, 9.17) is 9.47 Å². The van der Waals surface area contributed by atoms with Gasteiger partial charge in [-0.3, -0.25) is 14.2 Å². The Kier molecular flexibility index (Phi) is 9.23. The molecule has 0 fully saturated rings. The van der Waals surface area contributed by atoms with E-state index in [9.17, 15) is 9.59 Å². The molecule has 0 atom stereocenters. The fourth-order valence-corrected chi connectivity index (χ4v) is 4.38. The molecule has 2 heterocycles. The van der Waals surface area contributed by atoms with Gasteiger partial charge >= 0.3 is 5.97 Å². The summed E-state index contributed by atoms with van der Waals surface area (Å²) < 4.78 is 12.7. The largest absolute Gasteiger partial charge is 0.486 e. The summed E-state index contributed by atoms with van der Waals surface area (Å²) in [6.45, 7) is 10.7. The number of rotatable bonds is 12. The molecule has 0 radical (unpaired) electrons. The second-order valence-electron chi connectivity index (χ2n) is 7.30. The maximum absolute atomic E-state index is 12.4. The summed E-state index contributed by atoms with van der Waals surface area (Å²) in [6.07, 6.45) is 1.82. The first-order valence-electron chi connectivity index (χ1n) is 10.6. The predicted molar refractivity (Wildman–Crippen MR) is 132 cm³/mol. The zero-order chi connectivity index (χ0) is 24.5. The van der Waals surface area contributed by atoms with Crippen LogP contribution in [0.2, 0.25) is 0 Å². The number of hydrogen-bond donors (Lipinski definition) is 1. The maximum Gasteiger partial charge on any atom is 0.311 e. The number of thiazole rings is 1. The van der Waals surface area contributed by atoms with Crippen LogP contribution in [0.5, 0.6) is 5.75 Å². The van der Waals surface area contributed by atoms with Gasteiger partial charge in [-0.2, -0.15) is 0 Å². The van der Waals surface area contributed by atoms with Crippen molar-refractivity contribution in [2.24, 2.45) is 0 Å². The second kappa shape index (κ2) is 12.3. The van der Waals surface area contributed by atoms with Crippen molar-refractivity contribution < 1.29 is 19.1 Å². The summed E-state index contributed by atoms with van der Waals surface area (Å²) in [5.74, 6) is 0.948. The minimum atomic E-state index is -0.347. The van der Waals surface area contributed by atoms with Crippen LogP contribution in [0, 0.1) is 13.8 Å². The average molecular weight is 502 g/mol. The summed E-state index contributed by atoms with van der Waals surface area (Å²) in [7, 11) is 0. The summed E-state index contributed by atoms with van der Waals surface area (Å²) in [4.78, 5) is 28.2. The summed E-state index contributed by atoms with van der Waals surface area (Å²) in [5.41, 5.74) is 2.92.